The van der Waals surface area contributed by atoms with Crippen LogP contribution in [0.15, 0.2) is 40.9 Å². The van der Waals surface area contributed by atoms with Crippen LogP contribution in [0.4, 0.5) is 16.2 Å². The molecule has 0 atom stereocenters. The van der Waals surface area contributed by atoms with Crippen LogP contribution in [0.5, 0.6) is 11.5 Å². The Morgan fingerprint density at radius 1 is 1.10 bits per heavy atom. The number of urea groups is 1. The Morgan fingerprint density at radius 2 is 1.83 bits per heavy atom. The van der Waals surface area contributed by atoms with Gasteiger partial charge in [-0.25, -0.2) is 4.79 Å². The molecule has 9 heteroatoms. The largest absolute Gasteiger partial charge is 0.495 e. The normalized spacial score (nSPS) is 13.4. The van der Waals surface area contributed by atoms with Crippen LogP contribution in [-0.4, -0.2) is 30.4 Å². The third kappa shape index (κ3) is 4.18. The summed E-state index contributed by atoms with van der Waals surface area (Å²) in [6.07, 6.45) is 3.41. The summed E-state index contributed by atoms with van der Waals surface area (Å²) in [6, 6.07) is 9.94. The van der Waals surface area contributed by atoms with Crippen molar-refractivity contribution in [2.75, 3.05) is 24.9 Å². The van der Waals surface area contributed by atoms with Gasteiger partial charge in [0.05, 0.1) is 24.9 Å². The van der Waals surface area contributed by atoms with Crippen LogP contribution in [-0.2, 0) is 0 Å². The number of methoxy groups -OCH3 is 2. The Labute approximate surface area is 178 Å². The standard InChI is InChI=1S/C21H21ClN4O4/c1-28-17-11-18(29-2)16(10-15(17)22)24-21(27)23-14-8-6-12(7-9-14)19-25-20(30-26-19)13-4-3-5-13/h6-11,13H,3-5H2,1-2H3,(H2,23,24,27). The highest BCUT2D eigenvalue weighted by Crippen LogP contribution is 2.37. The summed E-state index contributed by atoms with van der Waals surface area (Å²) in [5.74, 6) is 2.52. The number of rotatable bonds is 6. The zero-order valence-corrected chi connectivity index (χ0v) is 17.3. The molecule has 0 saturated heterocycles. The van der Waals surface area contributed by atoms with Crippen molar-refractivity contribution in [3.63, 3.8) is 0 Å². The summed E-state index contributed by atoms with van der Waals surface area (Å²) in [7, 11) is 3.01. The first-order valence-corrected chi connectivity index (χ1v) is 9.88. The molecule has 30 heavy (non-hydrogen) atoms. The fourth-order valence-corrected chi connectivity index (χ4v) is 3.36. The molecule has 0 spiro atoms. The van der Waals surface area contributed by atoms with Crippen molar-refractivity contribution in [1.82, 2.24) is 10.1 Å². The first-order valence-electron chi connectivity index (χ1n) is 9.51. The van der Waals surface area contributed by atoms with Gasteiger partial charge in [-0.3, -0.25) is 0 Å². The highest BCUT2D eigenvalue weighted by molar-refractivity contribution is 6.32. The topological polar surface area (TPSA) is 98.5 Å². The van der Waals surface area contributed by atoms with Crippen LogP contribution in [0.2, 0.25) is 5.02 Å². The molecule has 156 valence electrons. The Bertz CT molecular complexity index is 1050. The average molecular weight is 429 g/mol. The molecule has 2 N–H and O–H groups in total. The minimum atomic E-state index is -0.436. The number of ether oxygens (including phenoxy) is 2. The number of hydrogen-bond donors (Lipinski definition) is 2. The molecule has 0 radical (unpaired) electrons. The minimum Gasteiger partial charge on any atom is -0.495 e. The van der Waals surface area contributed by atoms with Crippen LogP contribution in [0.25, 0.3) is 11.4 Å². The highest BCUT2D eigenvalue weighted by Gasteiger charge is 2.25. The smallest absolute Gasteiger partial charge is 0.323 e. The van der Waals surface area contributed by atoms with Crippen molar-refractivity contribution < 1.29 is 18.8 Å². The van der Waals surface area contributed by atoms with E-state index in [1.54, 1.807) is 24.3 Å². The van der Waals surface area contributed by atoms with Crippen molar-refractivity contribution in [2.24, 2.45) is 0 Å². The van der Waals surface area contributed by atoms with E-state index in [9.17, 15) is 4.79 Å². The molecular weight excluding hydrogens is 408 g/mol. The third-order valence-electron chi connectivity index (χ3n) is 5.02. The number of benzene rings is 2. The predicted molar refractivity (Wildman–Crippen MR) is 114 cm³/mol. The Morgan fingerprint density at radius 3 is 2.47 bits per heavy atom. The van der Waals surface area contributed by atoms with E-state index in [1.165, 1.54) is 20.6 Å². The zero-order valence-electron chi connectivity index (χ0n) is 16.6. The lowest BCUT2D eigenvalue weighted by atomic mass is 9.85. The van der Waals surface area contributed by atoms with Crippen LogP contribution in [0, 0.1) is 0 Å². The first kappa shape index (κ1) is 20.0. The molecule has 2 amide bonds. The van der Waals surface area contributed by atoms with Crippen LogP contribution < -0.4 is 20.1 Å². The highest BCUT2D eigenvalue weighted by atomic mass is 35.5. The summed E-state index contributed by atoms with van der Waals surface area (Å²) < 4.78 is 15.8. The monoisotopic (exact) mass is 428 g/mol. The molecule has 4 rings (SSSR count). The molecule has 0 bridgehead atoms. The number of hydrogen-bond acceptors (Lipinski definition) is 6. The number of aromatic nitrogens is 2. The molecule has 0 unspecified atom stereocenters. The van der Waals surface area contributed by atoms with Crippen LogP contribution in [0.1, 0.15) is 31.1 Å². The molecule has 0 aliphatic heterocycles. The molecule has 3 aromatic rings. The van der Waals surface area contributed by atoms with Gasteiger partial charge in [0.25, 0.3) is 0 Å². The second kappa shape index (κ2) is 8.62. The number of nitrogens with zero attached hydrogens (tertiary/aromatic N) is 2. The van der Waals surface area contributed by atoms with Crippen molar-refractivity contribution in [2.45, 2.75) is 25.2 Å². The lowest BCUT2D eigenvalue weighted by Gasteiger charge is -2.20. The number of carbonyl (C=O) groups excluding carboxylic acids is 1. The molecule has 1 saturated carbocycles. The Hall–Kier alpha value is -3.26. The number of amides is 2. The maximum atomic E-state index is 12.4. The quantitative estimate of drug-likeness (QED) is 0.551. The van der Waals surface area contributed by atoms with E-state index >= 15 is 0 Å². The van der Waals surface area contributed by atoms with Gasteiger partial charge in [-0.15, -0.1) is 0 Å². The molecule has 2 aromatic carbocycles. The molecule has 1 aromatic heterocycles. The van der Waals surface area contributed by atoms with Gasteiger partial charge in [0.2, 0.25) is 11.7 Å². The summed E-state index contributed by atoms with van der Waals surface area (Å²) in [5.41, 5.74) is 1.85. The molecule has 1 aliphatic rings. The van der Waals surface area contributed by atoms with E-state index in [2.05, 4.69) is 20.8 Å². The molecule has 1 fully saturated rings. The van der Waals surface area contributed by atoms with Crippen molar-refractivity contribution in [1.29, 1.82) is 0 Å². The van der Waals surface area contributed by atoms with E-state index in [-0.39, 0.29) is 0 Å². The minimum absolute atomic E-state index is 0.360. The Kier molecular flexibility index (Phi) is 5.76. The predicted octanol–water partition coefficient (Wildman–Crippen LogP) is 5.32. The van der Waals surface area contributed by atoms with E-state index in [0.717, 1.165) is 18.4 Å². The van der Waals surface area contributed by atoms with E-state index in [4.69, 9.17) is 25.6 Å². The van der Waals surface area contributed by atoms with Crippen molar-refractivity contribution >= 4 is 29.0 Å². The van der Waals surface area contributed by atoms with Gasteiger partial charge < -0.3 is 24.6 Å². The number of carbonyl (C=O) groups is 1. The van der Waals surface area contributed by atoms with Gasteiger partial charge in [0.15, 0.2) is 0 Å². The van der Waals surface area contributed by atoms with Gasteiger partial charge in [-0.1, -0.05) is 23.2 Å². The number of anilines is 2. The zero-order chi connectivity index (χ0) is 21.1. The van der Waals surface area contributed by atoms with E-state index < -0.39 is 6.03 Å². The lowest BCUT2D eigenvalue weighted by Crippen LogP contribution is -2.19. The summed E-state index contributed by atoms with van der Waals surface area (Å²) in [6.45, 7) is 0. The maximum absolute atomic E-state index is 12.4. The summed E-state index contributed by atoms with van der Waals surface area (Å²) in [5, 5.41) is 9.90. The summed E-state index contributed by atoms with van der Waals surface area (Å²) in [4.78, 5) is 16.9. The molecular formula is C21H21ClN4O4. The molecule has 1 heterocycles. The van der Waals surface area contributed by atoms with E-state index in [0.29, 0.717) is 45.5 Å². The second-order valence-electron chi connectivity index (χ2n) is 6.93. The molecule has 8 nitrogen and oxygen atoms in total. The second-order valence-corrected chi connectivity index (χ2v) is 7.33. The number of halogens is 1. The fraction of sp³-hybridized carbons (Fsp3) is 0.286. The van der Waals surface area contributed by atoms with E-state index in [1.807, 2.05) is 12.1 Å². The van der Waals surface area contributed by atoms with Crippen LogP contribution >= 0.6 is 11.6 Å². The first-order chi connectivity index (χ1) is 14.6. The van der Waals surface area contributed by atoms with Gasteiger partial charge in [0.1, 0.15) is 11.5 Å². The number of nitrogens with one attached hydrogen (secondary N) is 2. The van der Waals surface area contributed by atoms with Gasteiger partial charge in [-0.2, -0.15) is 4.98 Å². The van der Waals surface area contributed by atoms with Gasteiger partial charge in [0, 0.05) is 23.2 Å². The Balaban J connectivity index is 1.41. The van der Waals surface area contributed by atoms with Gasteiger partial charge in [-0.05, 0) is 43.2 Å². The SMILES string of the molecule is COc1cc(OC)c(NC(=O)Nc2ccc(-c3noc(C4CCC4)n3)cc2)cc1Cl. The maximum Gasteiger partial charge on any atom is 0.323 e. The molecule has 1 aliphatic carbocycles. The van der Waals surface area contributed by atoms with Crippen LogP contribution in [0.3, 0.4) is 0 Å². The lowest BCUT2D eigenvalue weighted by molar-refractivity contribution is 0.262. The fourth-order valence-electron chi connectivity index (χ4n) is 3.12. The van der Waals surface area contributed by atoms with Crippen molar-refractivity contribution in [3.8, 4) is 22.9 Å². The van der Waals surface area contributed by atoms with Gasteiger partial charge >= 0.3 is 6.03 Å². The summed E-state index contributed by atoms with van der Waals surface area (Å²) >= 11 is 6.14. The average Bonchev–Trinajstić information content (AvgIpc) is 3.17. The van der Waals surface area contributed by atoms with Crippen molar-refractivity contribution in [3.05, 3.63) is 47.3 Å². The third-order valence-corrected chi connectivity index (χ3v) is 5.31.